The van der Waals surface area contributed by atoms with Gasteiger partial charge >= 0.3 is 0 Å². The summed E-state index contributed by atoms with van der Waals surface area (Å²) in [5.74, 6) is 0. The fraction of sp³-hybridized carbons (Fsp3) is 0. The number of hydrogen-bond acceptors (Lipinski definition) is 2. The molecule has 1 aromatic carbocycles. The molecule has 1 N–H and O–H groups in total. The molecule has 0 bridgehead atoms. The first-order valence-corrected chi connectivity index (χ1v) is 3.52. The third-order valence-corrected chi connectivity index (χ3v) is 1.58. The van der Waals surface area contributed by atoms with E-state index < -0.39 is 0 Å². The number of nitrogens with one attached hydrogen (secondary N) is 1. The second-order valence-corrected chi connectivity index (χ2v) is 2.48. The number of rotatable bonds is 2. The summed E-state index contributed by atoms with van der Waals surface area (Å²) in [6, 6.07) is 6.71. The number of hydrogen-bond donors (Lipinski definition) is 2. The van der Waals surface area contributed by atoms with Crippen molar-refractivity contribution in [3.63, 3.8) is 0 Å². The number of carbonyl (C=O) groups is 1. The first kappa shape index (κ1) is 8.01. The summed E-state index contributed by atoms with van der Waals surface area (Å²) >= 11 is 3.66. The molecule has 0 aliphatic heterocycles. The molecule has 3 heteroatoms. The molecule has 0 radical (unpaired) electrons. The third kappa shape index (κ3) is 1.91. The van der Waals surface area contributed by atoms with Crippen LogP contribution in [0.15, 0.2) is 24.3 Å². The molecule has 0 aromatic heterocycles. The van der Waals surface area contributed by atoms with Gasteiger partial charge in [-0.1, -0.05) is 12.1 Å². The van der Waals surface area contributed by atoms with Gasteiger partial charge in [-0.05, 0) is 17.7 Å². The predicted octanol–water partition coefficient (Wildman–Crippen LogP) is 1.75. The van der Waals surface area contributed by atoms with Crippen LogP contribution in [0.3, 0.4) is 0 Å². The van der Waals surface area contributed by atoms with Crippen molar-refractivity contribution in [1.82, 2.24) is 0 Å². The Hall–Kier alpha value is -1.09. The van der Waals surface area contributed by atoms with Crippen LogP contribution < -0.4 is 0 Å². The van der Waals surface area contributed by atoms with Gasteiger partial charge in [-0.2, -0.15) is 0 Å². The van der Waals surface area contributed by atoms with Crippen molar-refractivity contribution in [2.45, 2.75) is 0 Å². The quantitative estimate of drug-likeness (QED) is 0.508. The van der Waals surface area contributed by atoms with E-state index in [2.05, 4.69) is 12.6 Å². The van der Waals surface area contributed by atoms with Crippen molar-refractivity contribution >= 4 is 24.0 Å². The largest absolute Gasteiger partial charge is 0.308 e. The van der Waals surface area contributed by atoms with Crippen LogP contribution in [0.5, 0.6) is 0 Å². The Labute approximate surface area is 70.2 Å². The molecule has 0 saturated carbocycles. The van der Waals surface area contributed by atoms with E-state index in [-0.39, 0.29) is 5.12 Å². The summed E-state index contributed by atoms with van der Waals surface area (Å²) in [6.45, 7) is 0. The lowest BCUT2D eigenvalue weighted by Crippen LogP contribution is -1.88. The molecule has 0 aliphatic carbocycles. The maximum atomic E-state index is 10.7. The molecule has 0 heterocycles. The van der Waals surface area contributed by atoms with Gasteiger partial charge in [0.1, 0.15) is 0 Å². The van der Waals surface area contributed by atoms with E-state index in [4.69, 9.17) is 5.41 Å². The van der Waals surface area contributed by atoms with Gasteiger partial charge in [0.2, 0.25) is 5.12 Å². The number of benzene rings is 1. The molecule has 0 unspecified atom stereocenters. The maximum absolute atomic E-state index is 10.7. The zero-order chi connectivity index (χ0) is 8.27. The monoisotopic (exact) mass is 165 g/mol. The maximum Gasteiger partial charge on any atom is 0.216 e. The summed E-state index contributed by atoms with van der Waals surface area (Å²) in [5.41, 5.74) is 1.34. The second-order valence-electron chi connectivity index (χ2n) is 2.07. The summed E-state index contributed by atoms with van der Waals surface area (Å²) < 4.78 is 0. The van der Waals surface area contributed by atoms with E-state index in [1.165, 1.54) is 6.21 Å². The van der Waals surface area contributed by atoms with Crippen molar-refractivity contribution in [1.29, 1.82) is 5.41 Å². The molecule has 1 aromatic rings. The minimum absolute atomic E-state index is 0.249. The molecule has 1 rings (SSSR count). The van der Waals surface area contributed by atoms with Gasteiger partial charge in [0, 0.05) is 11.8 Å². The summed E-state index contributed by atoms with van der Waals surface area (Å²) in [5, 5.41) is 6.64. The number of thiol groups is 1. The van der Waals surface area contributed by atoms with Crippen LogP contribution >= 0.6 is 12.6 Å². The topological polar surface area (TPSA) is 40.9 Å². The lowest BCUT2D eigenvalue weighted by molar-refractivity contribution is 0.109. The molecular weight excluding hydrogens is 158 g/mol. The standard InChI is InChI=1S/C8H7NOS/c9-5-6-1-3-7(4-2-6)8(10)11/h1-5,9H,(H,10,11). The van der Waals surface area contributed by atoms with Crippen LogP contribution in [0.2, 0.25) is 0 Å². The van der Waals surface area contributed by atoms with E-state index in [0.29, 0.717) is 5.56 Å². The predicted molar refractivity (Wildman–Crippen MR) is 47.6 cm³/mol. The highest BCUT2D eigenvalue weighted by atomic mass is 32.1. The third-order valence-electron chi connectivity index (χ3n) is 1.32. The van der Waals surface area contributed by atoms with Gasteiger partial charge in [0.15, 0.2) is 0 Å². The molecule has 0 amide bonds. The van der Waals surface area contributed by atoms with Gasteiger partial charge in [-0.25, -0.2) is 0 Å². The van der Waals surface area contributed by atoms with E-state index in [1.807, 2.05) is 0 Å². The summed E-state index contributed by atoms with van der Waals surface area (Å²) in [4.78, 5) is 10.7. The average molecular weight is 165 g/mol. The molecule has 0 saturated heterocycles. The summed E-state index contributed by atoms with van der Waals surface area (Å²) in [6.07, 6.45) is 1.23. The first-order valence-electron chi connectivity index (χ1n) is 3.08. The molecule has 2 nitrogen and oxygen atoms in total. The zero-order valence-electron chi connectivity index (χ0n) is 5.74. The highest BCUT2D eigenvalue weighted by molar-refractivity contribution is 7.97. The molecule has 56 valence electrons. The first-order chi connectivity index (χ1) is 5.24. The normalized spacial score (nSPS) is 9.18. The van der Waals surface area contributed by atoms with E-state index in [9.17, 15) is 4.79 Å². The van der Waals surface area contributed by atoms with Crippen LogP contribution in [0.1, 0.15) is 15.9 Å². The van der Waals surface area contributed by atoms with Crippen molar-refractivity contribution in [2.75, 3.05) is 0 Å². The molecule has 0 atom stereocenters. The average Bonchev–Trinajstić information content (AvgIpc) is 2.05. The van der Waals surface area contributed by atoms with Gasteiger partial charge < -0.3 is 5.41 Å². The second kappa shape index (κ2) is 3.34. The Morgan fingerprint density at radius 2 is 1.91 bits per heavy atom. The van der Waals surface area contributed by atoms with Crippen LogP contribution in [0.4, 0.5) is 0 Å². The minimum atomic E-state index is -0.249. The van der Waals surface area contributed by atoms with Gasteiger partial charge in [0.25, 0.3) is 0 Å². The molecule has 11 heavy (non-hydrogen) atoms. The Morgan fingerprint density at radius 1 is 1.36 bits per heavy atom. The minimum Gasteiger partial charge on any atom is -0.308 e. The van der Waals surface area contributed by atoms with Crippen molar-refractivity contribution in [3.8, 4) is 0 Å². The Kier molecular flexibility index (Phi) is 2.44. The van der Waals surface area contributed by atoms with Gasteiger partial charge in [-0.15, -0.1) is 12.6 Å². The number of carbonyl (C=O) groups excluding carboxylic acids is 1. The summed E-state index contributed by atoms with van der Waals surface area (Å²) in [7, 11) is 0. The van der Waals surface area contributed by atoms with Crippen LogP contribution in [0.25, 0.3) is 0 Å². The SMILES string of the molecule is N=Cc1ccc(C(=O)S)cc1. The Bertz CT molecular complexity index is 279. The van der Waals surface area contributed by atoms with Crippen molar-refractivity contribution in [2.24, 2.45) is 0 Å². The van der Waals surface area contributed by atoms with Crippen molar-refractivity contribution < 1.29 is 4.79 Å². The Balaban J connectivity index is 3.00. The molecule has 0 spiro atoms. The van der Waals surface area contributed by atoms with Crippen LogP contribution in [0, 0.1) is 5.41 Å². The lowest BCUT2D eigenvalue weighted by atomic mass is 10.2. The highest BCUT2D eigenvalue weighted by Gasteiger charge is 1.97. The molecule has 0 fully saturated rings. The highest BCUT2D eigenvalue weighted by Crippen LogP contribution is 2.04. The molecule has 0 aliphatic rings. The fourth-order valence-corrected chi connectivity index (χ4v) is 0.871. The van der Waals surface area contributed by atoms with Crippen molar-refractivity contribution in [3.05, 3.63) is 35.4 Å². The fourth-order valence-electron chi connectivity index (χ4n) is 0.722. The van der Waals surface area contributed by atoms with E-state index in [1.54, 1.807) is 24.3 Å². The van der Waals surface area contributed by atoms with Crippen LogP contribution in [-0.4, -0.2) is 11.3 Å². The van der Waals surface area contributed by atoms with E-state index >= 15 is 0 Å². The molecular formula is C8H7NOS. The lowest BCUT2D eigenvalue weighted by Gasteiger charge is -1.93. The van der Waals surface area contributed by atoms with Gasteiger partial charge in [-0.3, -0.25) is 4.79 Å². The van der Waals surface area contributed by atoms with Gasteiger partial charge in [0.05, 0.1) is 0 Å². The van der Waals surface area contributed by atoms with E-state index in [0.717, 1.165) is 5.56 Å². The zero-order valence-corrected chi connectivity index (χ0v) is 6.64. The van der Waals surface area contributed by atoms with Crippen LogP contribution in [-0.2, 0) is 0 Å². The smallest absolute Gasteiger partial charge is 0.216 e. The Morgan fingerprint density at radius 3 is 2.27 bits per heavy atom.